The van der Waals surface area contributed by atoms with E-state index in [1.54, 1.807) is 0 Å². The minimum atomic E-state index is 0. The first-order chi connectivity index (χ1) is 9.13. The molecule has 0 bridgehead atoms. The van der Waals surface area contributed by atoms with Crippen LogP contribution in [0.5, 0.6) is 0 Å². The van der Waals surface area contributed by atoms with Gasteiger partial charge in [0.25, 0.3) is 5.91 Å². The molecule has 1 aliphatic carbocycles. The fourth-order valence-electron chi connectivity index (χ4n) is 3.11. The summed E-state index contributed by atoms with van der Waals surface area (Å²) in [6.07, 6.45) is 3.43. The summed E-state index contributed by atoms with van der Waals surface area (Å²) in [5.41, 5.74) is 3.44. The smallest absolute Gasteiger partial charge is 0.270 e. The normalized spacial score (nSPS) is 24.3. The number of carbonyl (C=O) groups is 1. The van der Waals surface area contributed by atoms with Gasteiger partial charge in [-0.15, -0.1) is 0 Å². The molecule has 106 valence electrons. The number of nitrogens with one attached hydrogen (secondary N) is 1. The maximum absolute atomic E-state index is 12.5. The lowest BCUT2D eigenvalue weighted by atomic mass is 9.89. The molecule has 0 radical (unpaired) electrons. The van der Waals surface area contributed by atoms with Crippen molar-refractivity contribution in [1.29, 1.82) is 0 Å². The quantitative estimate of drug-likeness (QED) is 0.839. The number of rotatable bonds is 1. The topological polar surface area (TPSA) is 39.3 Å². The van der Waals surface area contributed by atoms with E-state index in [2.05, 4.69) is 29.9 Å². The van der Waals surface area contributed by atoms with Gasteiger partial charge in [-0.1, -0.05) is 6.92 Å². The first-order valence-corrected chi connectivity index (χ1v) is 7.32. The van der Waals surface area contributed by atoms with Gasteiger partial charge in [-0.2, -0.15) is 0 Å². The SMILES string of the molecule is CC1CCc2[nH]c(C(=O)N3CCN(C)CC3)cc2C1.[HH]. The number of aromatic amines is 1. The van der Waals surface area contributed by atoms with Crippen LogP contribution in [0.15, 0.2) is 6.07 Å². The Morgan fingerprint density at radius 1 is 1.37 bits per heavy atom. The van der Waals surface area contributed by atoms with E-state index in [0.29, 0.717) is 0 Å². The molecule has 0 saturated carbocycles. The molecule has 1 amide bonds. The van der Waals surface area contributed by atoms with E-state index >= 15 is 0 Å². The van der Waals surface area contributed by atoms with Crippen LogP contribution in [0.2, 0.25) is 0 Å². The van der Waals surface area contributed by atoms with Crippen LogP contribution in [0.25, 0.3) is 0 Å². The Kier molecular flexibility index (Phi) is 3.35. The number of hydrogen-bond acceptors (Lipinski definition) is 2. The predicted octanol–water partition coefficient (Wildman–Crippen LogP) is 1.77. The molecule has 1 unspecified atom stereocenters. The summed E-state index contributed by atoms with van der Waals surface area (Å²) in [4.78, 5) is 20.1. The maximum Gasteiger partial charge on any atom is 0.270 e. The third-order valence-electron chi connectivity index (χ3n) is 4.47. The average Bonchev–Trinajstić information content (AvgIpc) is 2.81. The number of H-pyrrole nitrogens is 1. The zero-order valence-electron chi connectivity index (χ0n) is 11.9. The molecule has 4 nitrogen and oxygen atoms in total. The van der Waals surface area contributed by atoms with Crippen molar-refractivity contribution in [1.82, 2.24) is 14.8 Å². The standard InChI is InChI=1S/C15H23N3O.H2/c1-11-3-4-13-12(9-11)10-14(16-13)15(19)18-7-5-17(2)6-8-18;/h10-11,16H,3-9H2,1-2H3;1H. The van der Waals surface area contributed by atoms with Crippen LogP contribution in [0.1, 0.15) is 36.5 Å². The van der Waals surface area contributed by atoms with Gasteiger partial charge in [0.1, 0.15) is 5.69 Å². The van der Waals surface area contributed by atoms with Crippen LogP contribution in [-0.2, 0) is 12.8 Å². The van der Waals surface area contributed by atoms with Crippen LogP contribution >= 0.6 is 0 Å². The van der Waals surface area contributed by atoms with Crippen LogP contribution in [0, 0.1) is 5.92 Å². The van der Waals surface area contributed by atoms with Crippen molar-refractivity contribution < 1.29 is 6.22 Å². The Labute approximate surface area is 116 Å². The first-order valence-electron chi connectivity index (χ1n) is 7.32. The van der Waals surface area contributed by atoms with Gasteiger partial charge in [0.2, 0.25) is 0 Å². The van der Waals surface area contributed by atoms with E-state index in [0.717, 1.165) is 50.6 Å². The van der Waals surface area contributed by atoms with Crippen molar-refractivity contribution in [3.63, 3.8) is 0 Å². The number of likely N-dealkylation sites (N-methyl/N-ethyl adjacent to an activating group) is 1. The third kappa shape index (κ3) is 2.54. The van der Waals surface area contributed by atoms with Crippen molar-refractivity contribution >= 4 is 5.91 Å². The largest absolute Gasteiger partial charge is 0.354 e. The number of aromatic nitrogens is 1. The third-order valence-corrected chi connectivity index (χ3v) is 4.47. The lowest BCUT2D eigenvalue weighted by Gasteiger charge is -2.32. The van der Waals surface area contributed by atoms with Crippen molar-refractivity contribution in [2.24, 2.45) is 5.92 Å². The van der Waals surface area contributed by atoms with E-state index in [-0.39, 0.29) is 7.33 Å². The highest BCUT2D eigenvalue weighted by molar-refractivity contribution is 5.93. The summed E-state index contributed by atoms with van der Waals surface area (Å²) in [7, 11) is 2.11. The zero-order valence-corrected chi connectivity index (χ0v) is 11.9. The molecule has 3 rings (SSSR count). The van der Waals surface area contributed by atoms with Crippen LogP contribution in [-0.4, -0.2) is 53.9 Å². The average molecular weight is 263 g/mol. The minimum absolute atomic E-state index is 0. The molecule has 1 N–H and O–H groups in total. The Morgan fingerprint density at radius 2 is 2.11 bits per heavy atom. The van der Waals surface area contributed by atoms with Crippen molar-refractivity contribution in [2.45, 2.75) is 26.2 Å². The molecule has 4 heteroatoms. The molecule has 1 aromatic rings. The van der Waals surface area contributed by atoms with Gasteiger partial charge < -0.3 is 14.8 Å². The number of fused-ring (bicyclic) bond motifs is 1. The van der Waals surface area contributed by atoms with Crippen LogP contribution in [0.4, 0.5) is 0 Å². The lowest BCUT2D eigenvalue weighted by Crippen LogP contribution is -2.47. The molecule has 2 heterocycles. The van der Waals surface area contributed by atoms with Gasteiger partial charge in [0.05, 0.1) is 0 Å². The van der Waals surface area contributed by atoms with Gasteiger partial charge in [-0.25, -0.2) is 0 Å². The molecule has 19 heavy (non-hydrogen) atoms. The molecule has 1 fully saturated rings. The lowest BCUT2D eigenvalue weighted by molar-refractivity contribution is 0.0658. The number of aryl methyl sites for hydroxylation is 1. The molecular formula is C15H25N3O. The summed E-state index contributed by atoms with van der Waals surface area (Å²) >= 11 is 0. The second-order valence-electron chi connectivity index (χ2n) is 6.13. The number of hydrogen-bond donors (Lipinski definition) is 1. The Morgan fingerprint density at radius 3 is 2.84 bits per heavy atom. The van der Waals surface area contributed by atoms with Crippen molar-refractivity contribution in [3.8, 4) is 0 Å². The fraction of sp³-hybridized carbons (Fsp3) is 0.667. The summed E-state index contributed by atoms with van der Waals surface area (Å²) in [5, 5.41) is 0. The molecule has 2 aliphatic rings. The predicted molar refractivity (Wildman–Crippen MR) is 77.5 cm³/mol. The van der Waals surface area contributed by atoms with Crippen molar-refractivity contribution in [2.75, 3.05) is 33.2 Å². The highest BCUT2D eigenvalue weighted by atomic mass is 16.2. The van der Waals surface area contributed by atoms with Gasteiger partial charge in [-0.05, 0) is 43.9 Å². The Bertz CT molecular complexity index is 477. The van der Waals surface area contributed by atoms with Crippen LogP contribution in [0.3, 0.4) is 0 Å². The number of piperazine rings is 1. The highest BCUT2D eigenvalue weighted by Gasteiger charge is 2.24. The molecule has 1 aliphatic heterocycles. The summed E-state index contributed by atoms with van der Waals surface area (Å²) in [5.74, 6) is 0.921. The van der Waals surface area contributed by atoms with Gasteiger partial charge in [-0.3, -0.25) is 4.79 Å². The summed E-state index contributed by atoms with van der Waals surface area (Å²) in [6, 6.07) is 2.09. The Hall–Kier alpha value is -1.29. The van der Waals surface area contributed by atoms with Gasteiger partial charge >= 0.3 is 0 Å². The van der Waals surface area contributed by atoms with E-state index in [1.807, 2.05) is 4.90 Å². The Balaban J connectivity index is 0.00000147. The molecule has 1 saturated heterocycles. The maximum atomic E-state index is 12.5. The summed E-state index contributed by atoms with van der Waals surface area (Å²) < 4.78 is 0. The second-order valence-corrected chi connectivity index (χ2v) is 6.13. The second kappa shape index (κ2) is 5.00. The fourth-order valence-corrected chi connectivity index (χ4v) is 3.11. The molecule has 0 spiro atoms. The highest BCUT2D eigenvalue weighted by Crippen LogP contribution is 2.26. The number of carbonyl (C=O) groups excluding carboxylic acids is 1. The van der Waals surface area contributed by atoms with Gasteiger partial charge in [0.15, 0.2) is 0 Å². The minimum Gasteiger partial charge on any atom is -0.354 e. The van der Waals surface area contributed by atoms with Crippen LogP contribution < -0.4 is 0 Å². The van der Waals surface area contributed by atoms with Crippen molar-refractivity contribution in [3.05, 3.63) is 23.0 Å². The van der Waals surface area contributed by atoms with E-state index in [4.69, 9.17) is 0 Å². The monoisotopic (exact) mass is 263 g/mol. The number of amides is 1. The van der Waals surface area contributed by atoms with E-state index in [9.17, 15) is 4.79 Å². The first kappa shape index (κ1) is 12.7. The molecule has 1 aromatic heterocycles. The van der Waals surface area contributed by atoms with E-state index < -0.39 is 0 Å². The zero-order chi connectivity index (χ0) is 13.4. The molecule has 1 atom stereocenters. The molecular weight excluding hydrogens is 238 g/mol. The molecule has 0 aromatic carbocycles. The number of nitrogens with zero attached hydrogens (tertiary/aromatic N) is 2. The summed E-state index contributed by atoms with van der Waals surface area (Å²) in [6.45, 7) is 5.93. The van der Waals surface area contributed by atoms with E-state index in [1.165, 1.54) is 17.7 Å². The van der Waals surface area contributed by atoms with Gasteiger partial charge in [0, 0.05) is 33.3 Å².